The summed E-state index contributed by atoms with van der Waals surface area (Å²) in [7, 11) is 0. The van der Waals surface area contributed by atoms with Gasteiger partial charge in [0.1, 0.15) is 11.7 Å². The van der Waals surface area contributed by atoms with E-state index in [1.807, 2.05) is 12.1 Å². The summed E-state index contributed by atoms with van der Waals surface area (Å²) >= 11 is 5.78. The number of halogens is 2. The minimum atomic E-state index is -0.438. The molecule has 1 aliphatic rings. The molecule has 0 amide bonds. The predicted molar refractivity (Wildman–Crippen MR) is 88.9 cm³/mol. The van der Waals surface area contributed by atoms with E-state index in [1.165, 1.54) is 6.07 Å². The van der Waals surface area contributed by atoms with Crippen LogP contribution < -0.4 is 0 Å². The number of amidine groups is 1. The minimum absolute atomic E-state index is 0.0229. The van der Waals surface area contributed by atoms with E-state index < -0.39 is 5.82 Å². The molecule has 0 saturated carbocycles. The second-order valence-corrected chi connectivity index (χ2v) is 6.04. The Labute approximate surface area is 136 Å². The van der Waals surface area contributed by atoms with Gasteiger partial charge >= 0.3 is 0 Å². The molecule has 1 heterocycles. The summed E-state index contributed by atoms with van der Waals surface area (Å²) in [5.74, 6) is 0.446. The second-order valence-electron chi connectivity index (χ2n) is 5.63. The SMILES string of the molecule is CC(C)N(C1=NCCC=C1)C(CCO)c1ccc(Cl)c(F)c1. The summed E-state index contributed by atoms with van der Waals surface area (Å²) in [6, 6.07) is 4.86. The molecule has 0 aliphatic carbocycles. The first-order valence-corrected chi connectivity index (χ1v) is 7.97. The summed E-state index contributed by atoms with van der Waals surface area (Å²) < 4.78 is 13.8. The van der Waals surface area contributed by atoms with Crippen molar-refractivity contribution < 1.29 is 9.50 Å². The molecular weight excluding hydrogens is 303 g/mol. The first kappa shape index (κ1) is 17.0. The van der Waals surface area contributed by atoms with E-state index in [2.05, 4.69) is 29.8 Å². The summed E-state index contributed by atoms with van der Waals surface area (Å²) in [6.07, 6.45) is 5.54. The average Bonchev–Trinajstić information content (AvgIpc) is 2.50. The zero-order valence-corrected chi connectivity index (χ0v) is 13.7. The highest BCUT2D eigenvalue weighted by atomic mass is 35.5. The van der Waals surface area contributed by atoms with Crippen molar-refractivity contribution in [2.75, 3.05) is 13.2 Å². The van der Waals surface area contributed by atoms with Crippen molar-refractivity contribution in [3.05, 3.63) is 46.8 Å². The van der Waals surface area contributed by atoms with Crippen molar-refractivity contribution in [2.45, 2.75) is 38.8 Å². The summed E-state index contributed by atoms with van der Waals surface area (Å²) in [5, 5.41) is 9.56. The van der Waals surface area contributed by atoms with E-state index in [0.29, 0.717) is 6.42 Å². The van der Waals surface area contributed by atoms with Crippen LogP contribution in [0.4, 0.5) is 4.39 Å². The first-order chi connectivity index (χ1) is 10.5. The maximum absolute atomic E-state index is 13.8. The third-order valence-electron chi connectivity index (χ3n) is 3.72. The minimum Gasteiger partial charge on any atom is -0.396 e. The molecule has 22 heavy (non-hydrogen) atoms. The number of benzene rings is 1. The maximum Gasteiger partial charge on any atom is 0.142 e. The van der Waals surface area contributed by atoms with Gasteiger partial charge in [-0.25, -0.2) is 4.39 Å². The Bertz CT molecular complexity index is 572. The monoisotopic (exact) mass is 324 g/mol. The van der Waals surface area contributed by atoms with Crippen LogP contribution in [-0.4, -0.2) is 35.0 Å². The average molecular weight is 325 g/mol. The van der Waals surface area contributed by atoms with Gasteiger partial charge in [-0.3, -0.25) is 4.99 Å². The molecule has 0 spiro atoms. The van der Waals surface area contributed by atoms with Gasteiger partial charge in [0.05, 0.1) is 11.1 Å². The predicted octanol–water partition coefficient (Wildman–Crippen LogP) is 3.97. The lowest BCUT2D eigenvalue weighted by Gasteiger charge is -2.37. The number of aliphatic imine (C=N–C) groups is 1. The Hall–Kier alpha value is -1.39. The van der Waals surface area contributed by atoms with Crippen molar-refractivity contribution in [3.63, 3.8) is 0 Å². The third kappa shape index (κ3) is 3.87. The molecule has 0 saturated heterocycles. The molecule has 0 bridgehead atoms. The number of hydrogen-bond donors (Lipinski definition) is 1. The van der Waals surface area contributed by atoms with Crippen LogP contribution in [0.3, 0.4) is 0 Å². The number of dihydropyridines is 1. The van der Waals surface area contributed by atoms with Crippen molar-refractivity contribution >= 4 is 17.4 Å². The Morgan fingerprint density at radius 1 is 1.41 bits per heavy atom. The quantitative estimate of drug-likeness (QED) is 0.889. The molecule has 1 atom stereocenters. The molecule has 1 N–H and O–H groups in total. The van der Waals surface area contributed by atoms with Crippen LogP contribution in [0.5, 0.6) is 0 Å². The van der Waals surface area contributed by atoms with E-state index in [0.717, 1.165) is 24.4 Å². The van der Waals surface area contributed by atoms with Crippen LogP contribution in [-0.2, 0) is 0 Å². The van der Waals surface area contributed by atoms with Gasteiger partial charge in [-0.1, -0.05) is 23.7 Å². The van der Waals surface area contributed by atoms with E-state index >= 15 is 0 Å². The van der Waals surface area contributed by atoms with Crippen molar-refractivity contribution in [3.8, 4) is 0 Å². The number of hydrogen-bond acceptors (Lipinski definition) is 3. The molecular formula is C17H22ClFN2O. The van der Waals surface area contributed by atoms with E-state index in [-0.39, 0.29) is 23.7 Å². The maximum atomic E-state index is 13.8. The Morgan fingerprint density at radius 2 is 2.18 bits per heavy atom. The fourth-order valence-corrected chi connectivity index (χ4v) is 2.87. The Kier molecular flexibility index (Phi) is 5.98. The van der Waals surface area contributed by atoms with Crippen LogP contribution in [0.2, 0.25) is 5.02 Å². The summed E-state index contributed by atoms with van der Waals surface area (Å²) in [4.78, 5) is 6.71. The number of nitrogens with zero attached hydrogens (tertiary/aromatic N) is 2. The van der Waals surface area contributed by atoms with Crippen molar-refractivity contribution in [2.24, 2.45) is 4.99 Å². The van der Waals surface area contributed by atoms with Crippen LogP contribution in [0.1, 0.15) is 38.3 Å². The van der Waals surface area contributed by atoms with E-state index in [1.54, 1.807) is 6.07 Å². The van der Waals surface area contributed by atoms with Gasteiger partial charge in [-0.2, -0.15) is 0 Å². The summed E-state index contributed by atoms with van der Waals surface area (Å²) in [5.41, 5.74) is 0.798. The highest BCUT2D eigenvalue weighted by Crippen LogP contribution is 2.30. The van der Waals surface area contributed by atoms with Crippen molar-refractivity contribution in [1.82, 2.24) is 4.90 Å². The topological polar surface area (TPSA) is 35.8 Å². The van der Waals surface area contributed by atoms with Crippen LogP contribution in [0.15, 0.2) is 35.3 Å². The Balaban J connectivity index is 2.40. The second kappa shape index (κ2) is 7.75. The van der Waals surface area contributed by atoms with Gasteiger partial charge in [0.15, 0.2) is 0 Å². The third-order valence-corrected chi connectivity index (χ3v) is 4.03. The van der Waals surface area contributed by atoms with Crippen molar-refractivity contribution in [1.29, 1.82) is 0 Å². The molecule has 0 fully saturated rings. The lowest BCUT2D eigenvalue weighted by molar-refractivity contribution is 0.198. The molecule has 1 aromatic rings. The normalized spacial score (nSPS) is 15.8. The zero-order chi connectivity index (χ0) is 16.1. The molecule has 0 aromatic heterocycles. The van der Waals surface area contributed by atoms with E-state index in [4.69, 9.17) is 11.6 Å². The first-order valence-electron chi connectivity index (χ1n) is 7.59. The van der Waals surface area contributed by atoms with Gasteiger partial charge in [-0.05, 0) is 50.5 Å². The molecule has 1 aliphatic heterocycles. The molecule has 1 aromatic carbocycles. The van der Waals surface area contributed by atoms with Crippen LogP contribution in [0.25, 0.3) is 0 Å². The molecule has 2 rings (SSSR count). The highest BCUT2D eigenvalue weighted by molar-refractivity contribution is 6.30. The van der Waals surface area contributed by atoms with Gasteiger partial charge in [0.25, 0.3) is 0 Å². The lowest BCUT2D eigenvalue weighted by Crippen LogP contribution is -2.40. The molecule has 0 radical (unpaired) electrons. The molecule has 1 unspecified atom stereocenters. The standard InChI is InChI=1S/C17H22ClFN2O/c1-12(2)21(17-5-3-4-9-20-17)16(8-10-22)13-6-7-14(18)15(19)11-13/h3,5-7,11-12,16,22H,4,8-10H2,1-2H3. The highest BCUT2D eigenvalue weighted by Gasteiger charge is 2.25. The van der Waals surface area contributed by atoms with Gasteiger partial charge in [0.2, 0.25) is 0 Å². The van der Waals surface area contributed by atoms with Crippen LogP contribution in [0, 0.1) is 5.82 Å². The van der Waals surface area contributed by atoms with Gasteiger partial charge in [-0.15, -0.1) is 0 Å². The number of aliphatic hydroxyl groups is 1. The van der Waals surface area contributed by atoms with E-state index in [9.17, 15) is 9.50 Å². The fraction of sp³-hybridized carbons (Fsp3) is 0.471. The van der Waals surface area contributed by atoms with Gasteiger partial charge in [0, 0.05) is 19.2 Å². The Morgan fingerprint density at radius 3 is 2.73 bits per heavy atom. The molecule has 120 valence electrons. The number of rotatable bonds is 5. The lowest BCUT2D eigenvalue weighted by atomic mass is 10.00. The fourth-order valence-electron chi connectivity index (χ4n) is 2.76. The van der Waals surface area contributed by atoms with Gasteiger partial charge < -0.3 is 10.0 Å². The zero-order valence-electron chi connectivity index (χ0n) is 13.0. The van der Waals surface area contributed by atoms with Crippen LogP contribution >= 0.6 is 11.6 Å². The molecule has 3 nitrogen and oxygen atoms in total. The number of aliphatic hydroxyl groups excluding tert-OH is 1. The smallest absolute Gasteiger partial charge is 0.142 e. The molecule has 5 heteroatoms. The largest absolute Gasteiger partial charge is 0.396 e. The summed E-state index contributed by atoms with van der Waals surface area (Å²) in [6.45, 7) is 4.92.